The van der Waals surface area contributed by atoms with Crippen LogP contribution in [0.25, 0.3) is 11.1 Å². The van der Waals surface area contributed by atoms with E-state index < -0.39 is 26.8 Å². The predicted octanol–water partition coefficient (Wildman–Crippen LogP) is 4.65. The number of nitrogens with zero attached hydrogens (tertiary/aromatic N) is 1. The number of benzene rings is 2. The minimum absolute atomic E-state index is 0.106. The summed E-state index contributed by atoms with van der Waals surface area (Å²) in [6, 6.07) is 7.99. The molecule has 1 aliphatic rings. The van der Waals surface area contributed by atoms with E-state index in [0.29, 0.717) is 30.5 Å². The van der Waals surface area contributed by atoms with Gasteiger partial charge in [-0.15, -0.1) is 0 Å². The van der Waals surface area contributed by atoms with Gasteiger partial charge in [0.2, 0.25) is 5.91 Å². The molecule has 0 unspecified atom stereocenters. The second-order valence-electron chi connectivity index (χ2n) is 7.42. The van der Waals surface area contributed by atoms with Gasteiger partial charge in [-0.3, -0.25) is 9.35 Å². The number of amides is 1. The van der Waals surface area contributed by atoms with Crippen LogP contribution in [0, 0.1) is 5.92 Å². The van der Waals surface area contributed by atoms with E-state index in [-0.39, 0.29) is 22.6 Å². The van der Waals surface area contributed by atoms with Crippen molar-refractivity contribution >= 4 is 22.2 Å². The molecule has 166 valence electrons. The van der Waals surface area contributed by atoms with Crippen LogP contribution in [-0.2, 0) is 21.1 Å². The minimum atomic E-state index is -4.79. The predicted molar refractivity (Wildman–Crippen MR) is 109 cm³/mol. The lowest BCUT2D eigenvalue weighted by Crippen LogP contribution is -2.20. The van der Waals surface area contributed by atoms with E-state index in [1.165, 1.54) is 24.4 Å². The number of carbonyl (C=O) groups is 1. The van der Waals surface area contributed by atoms with E-state index in [0.717, 1.165) is 25.7 Å². The summed E-state index contributed by atoms with van der Waals surface area (Å²) in [5, 5.41) is 3.87. The molecular weight excluding hydrogens is 433 g/mol. The van der Waals surface area contributed by atoms with E-state index in [9.17, 15) is 30.9 Å². The summed E-state index contributed by atoms with van der Waals surface area (Å²) in [6.45, 7) is 0. The number of hydrogen-bond donors (Lipinski definition) is 2. The van der Waals surface area contributed by atoms with Gasteiger partial charge in [0.15, 0.2) is 0 Å². The van der Waals surface area contributed by atoms with E-state index >= 15 is 0 Å². The fraction of sp³-hybridized carbons (Fsp3) is 0.333. The van der Waals surface area contributed by atoms with Crippen molar-refractivity contribution < 1.29 is 30.9 Å². The molecule has 0 saturated heterocycles. The first-order chi connectivity index (χ1) is 14.6. The Labute approximate surface area is 177 Å². The maximum Gasteiger partial charge on any atom is 0.416 e. The molecule has 0 aromatic heterocycles. The quantitative estimate of drug-likeness (QED) is 0.377. The number of halogens is 3. The molecule has 1 fully saturated rings. The van der Waals surface area contributed by atoms with Gasteiger partial charge >= 0.3 is 6.18 Å². The van der Waals surface area contributed by atoms with Crippen LogP contribution in [0.2, 0.25) is 0 Å². The van der Waals surface area contributed by atoms with Crippen molar-refractivity contribution in [3.63, 3.8) is 0 Å². The van der Waals surface area contributed by atoms with Gasteiger partial charge in [0.1, 0.15) is 4.90 Å². The lowest BCUT2D eigenvalue weighted by Gasteiger charge is -2.14. The van der Waals surface area contributed by atoms with E-state index in [1.54, 1.807) is 6.07 Å². The summed E-state index contributed by atoms with van der Waals surface area (Å²) in [6.07, 6.45) is 1.06. The van der Waals surface area contributed by atoms with Crippen molar-refractivity contribution in [2.75, 3.05) is 0 Å². The Morgan fingerprint density at radius 2 is 1.81 bits per heavy atom. The van der Waals surface area contributed by atoms with Gasteiger partial charge < -0.3 is 0 Å². The monoisotopic (exact) mass is 454 g/mol. The largest absolute Gasteiger partial charge is 0.416 e. The van der Waals surface area contributed by atoms with E-state index in [4.69, 9.17) is 0 Å². The second kappa shape index (κ2) is 9.19. The SMILES string of the molecule is O=C(CC1CCCC1)N/N=C/c1ccccc1-c1cc(C(F)(F)F)ccc1S(=O)(=O)O. The lowest BCUT2D eigenvalue weighted by atomic mass is 9.98. The number of nitrogens with one attached hydrogen (secondary N) is 1. The molecule has 0 heterocycles. The molecule has 31 heavy (non-hydrogen) atoms. The fourth-order valence-corrected chi connectivity index (χ4v) is 4.38. The Balaban J connectivity index is 1.92. The molecule has 6 nitrogen and oxygen atoms in total. The summed E-state index contributed by atoms with van der Waals surface area (Å²) >= 11 is 0. The van der Waals surface area contributed by atoms with Crippen LogP contribution in [0.5, 0.6) is 0 Å². The molecule has 0 aliphatic heterocycles. The highest BCUT2D eigenvalue weighted by atomic mass is 32.2. The van der Waals surface area contributed by atoms with Crippen molar-refractivity contribution in [3.8, 4) is 11.1 Å². The highest BCUT2D eigenvalue weighted by molar-refractivity contribution is 7.86. The van der Waals surface area contributed by atoms with Gasteiger partial charge in [-0.25, -0.2) is 5.43 Å². The van der Waals surface area contributed by atoms with E-state index in [2.05, 4.69) is 10.5 Å². The molecular formula is C21H21F3N2O4S. The second-order valence-corrected chi connectivity index (χ2v) is 8.81. The number of hydrogen-bond acceptors (Lipinski definition) is 4. The third-order valence-corrected chi connectivity index (χ3v) is 6.09. The zero-order chi connectivity index (χ0) is 22.6. The first kappa shape index (κ1) is 23.0. The van der Waals surface area contributed by atoms with Crippen molar-refractivity contribution in [3.05, 3.63) is 53.6 Å². The van der Waals surface area contributed by atoms with Crippen LogP contribution < -0.4 is 5.43 Å². The molecule has 2 aromatic carbocycles. The van der Waals surface area contributed by atoms with Crippen LogP contribution in [0.4, 0.5) is 13.2 Å². The summed E-state index contributed by atoms with van der Waals surface area (Å²) in [7, 11) is -4.79. The number of hydrazone groups is 1. The van der Waals surface area contributed by atoms with Gasteiger partial charge in [0.05, 0.1) is 11.8 Å². The zero-order valence-electron chi connectivity index (χ0n) is 16.4. The third-order valence-electron chi connectivity index (χ3n) is 5.18. The van der Waals surface area contributed by atoms with Gasteiger partial charge in [0, 0.05) is 17.5 Å². The lowest BCUT2D eigenvalue weighted by molar-refractivity contribution is -0.137. The smallest absolute Gasteiger partial charge is 0.282 e. The number of carbonyl (C=O) groups excluding carboxylic acids is 1. The highest BCUT2D eigenvalue weighted by Gasteiger charge is 2.32. The third kappa shape index (κ3) is 5.92. The summed E-state index contributed by atoms with van der Waals surface area (Å²) < 4.78 is 72.6. The highest BCUT2D eigenvalue weighted by Crippen LogP contribution is 2.36. The average molecular weight is 454 g/mol. The Kier molecular flexibility index (Phi) is 6.80. The Bertz CT molecular complexity index is 1090. The molecule has 2 aromatic rings. The molecule has 0 bridgehead atoms. The first-order valence-corrected chi connectivity index (χ1v) is 11.1. The summed E-state index contributed by atoms with van der Waals surface area (Å²) in [5.41, 5.74) is 1.39. The van der Waals surface area contributed by atoms with Crippen LogP contribution >= 0.6 is 0 Å². The van der Waals surface area contributed by atoms with Crippen LogP contribution in [-0.4, -0.2) is 25.1 Å². The Morgan fingerprint density at radius 3 is 2.45 bits per heavy atom. The molecule has 0 spiro atoms. The van der Waals surface area contributed by atoms with Crippen molar-refractivity contribution in [2.45, 2.75) is 43.2 Å². The van der Waals surface area contributed by atoms with Crippen LogP contribution in [0.15, 0.2) is 52.5 Å². The summed E-state index contributed by atoms with van der Waals surface area (Å²) in [5.74, 6) is 0.0586. The molecule has 2 N–H and O–H groups in total. The molecule has 1 saturated carbocycles. The normalized spacial score (nSPS) is 15.5. The first-order valence-electron chi connectivity index (χ1n) is 9.66. The molecule has 1 amide bonds. The van der Waals surface area contributed by atoms with Crippen molar-refractivity contribution in [2.24, 2.45) is 11.0 Å². The molecule has 0 radical (unpaired) electrons. The van der Waals surface area contributed by atoms with Crippen LogP contribution in [0.1, 0.15) is 43.2 Å². The van der Waals surface area contributed by atoms with Crippen molar-refractivity contribution in [1.82, 2.24) is 5.43 Å². The number of alkyl halides is 3. The maximum absolute atomic E-state index is 13.2. The molecule has 0 atom stereocenters. The van der Waals surface area contributed by atoms with Gasteiger partial charge in [-0.1, -0.05) is 37.1 Å². The van der Waals surface area contributed by atoms with Crippen LogP contribution in [0.3, 0.4) is 0 Å². The maximum atomic E-state index is 13.2. The zero-order valence-corrected chi connectivity index (χ0v) is 17.2. The molecule has 10 heteroatoms. The van der Waals surface area contributed by atoms with E-state index in [1.807, 2.05) is 0 Å². The molecule has 1 aliphatic carbocycles. The van der Waals surface area contributed by atoms with Crippen molar-refractivity contribution in [1.29, 1.82) is 0 Å². The van der Waals surface area contributed by atoms with Gasteiger partial charge in [-0.2, -0.15) is 26.7 Å². The Morgan fingerprint density at radius 1 is 1.13 bits per heavy atom. The molecule has 3 rings (SSSR count). The number of rotatable bonds is 6. The standard InChI is InChI=1S/C21H21F3N2O4S/c22-21(23,24)16-9-10-19(31(28,29)30)18(12-16)17-8-4-3-7-15(17)13-25-26-20(27)11-14-5-1-2-6-14/h3-4,7-10,12-14H,1-2,5-6,11H2,(H,26,27)(H,28,29,30)/b25-13+. The average Bonchev–Trinajstić information content (AvgIpc) is 3.19. The Hall–Kier alpha value is -2.72. The van der Waals surface area contributed by atoms with Gasteiger partial charge in [0.25, 0.3) is 10.1 Å². The topological polar surface area (TPSA) is 95.8 Å². The van der Waals surface area contributed by atoms with Gasteiger partial charge in [-0.05, 0) is 42.5 Å². The summed E-state index contributed by atoms with van der Waals surface area (Å²) in [4.78, 5) is 11.4. The minimum Gasteiger partial charge on any atom is -0.282 e. The fourth-order valence-electron chi connectivity index (χ4n) is 3.69.